The Labute approximate surface area is 126 Å². The van der Waals surface area contributed by atoms with Crippen LogP contribution in [0.5, 0.6) is 5.88 Å². The lowest BCUT2D eigenvalue weighted by Crippen LogP contribution is -2.14. The van der Waals surface area contributed by atoms with Crippen molar-refractivity contribution in [3.8, 4) is 5.88 Å². The highest BCUT2D eigenvalue weighted by molar-refractivity contribution is 6.20. The highest BCUT2D eigenvalue weighted by Gasteiger charge is 2.16. The molecule has 0 aliphatic heterocycles. The molecule has 7 nitrogen and oxygen atoms in total. The van der Waals surface area contributed by atoms with Crippen LogP contribution in [0.15, 0.2) is 53.3 Å². The average Bonchev–Trinajstić information content (AvgIpc) is 2.86. The van der Waals surface area contributed by atoms with Crippen LogP contribution in [0, 0.1) is 0 Å². The number of hydrogen-bond acceptors (Lipinski definition) is 6. The minimum Gasteiger partial charge on any atom is -0.473 e. The van der Waals surface area contributed by atoms with Gasteiger partial charge >= 0.3 is 0 Å². The van der Waals surface area contributed by atoms with Crippen molar-refractivity contribution >= 4 is 22.7 Å². The van der Waals surface area contributed by atoms with E-state index in [0.29, 0.717) is 17.3 Å². The number of carbonyl (C=O) groups excluding carboxylic acids is 1. The molecule has 3 N–H and O–H groups in total. The zero-order chi connectivity index (χ0) is 15.5. The first-order chi connectivity index (χ1) is 10.7. The van der Waals surface area contributed by atoms with E-state index >= 15 is 0 Å². The van der Waals surface area contributed by atoms with Crippen molar-refractivity contribution in [1.82, 2.24) is 9.61 Å². The standard InChI is InChI=1S/C15H14N4O3/c16-11-9-10(21)4-5-12(11)17-14-13-3-1-2-6-19(13)18-15(14)22-8-7-20/h1-6,9,20H,7-8,16H2/b17-12+. The zero-order valence-corrected chi connectivity index (χ0v) is 11.6. The van der Waals surface area contributed by atoms with E-state index < -0.39 is 0 Å². The van der Waals surface area contributed by atoms with Crippen LogP contribution in [0.3, 0.4) is 0 Å². The summed E-state index contributed by atoms with van der Waals surface area (Å²) in [5, 5.41) is 13.2. The summed E-state index contributed by atoms with van der Waals surface area (Å²) in [4.78, 5) is 15.7. The molecule has 2 aromatic heterocycles. The summed E-state index contributed by atoms with van der Waals surface area (Å²) in [5.41, 5.74) is 7.82. The Morgan fingerprint density at radius 2 is 2.23 bits per heavy atom. The molecule has 1 aliphatic rings. The Kier molecular flexibility index (Phi) is 3.71. The number of aliphatic hydroxyl groups excluding tert-OH is 1. The number of nitrogens with zero attached hydrogens (tertiary/aromatic N) is 3. The van der Waals surface area contributed by atoms with Crippen LogP contribution < -0.4 is 10.5 Å². The van der Waals surface area contributed by atoms with Crippen LogP contribution in [0.1, 0.15) is 0 Å². The Balaban J connectivity index is 2.10. The number of aliphatic imine (C=N–C) groups is 1. The van der Waals surface area contributed by atoms with E-state index in [1.807, 2.05) is 18.2 Å². The molecule has 2 aromatic rings. The number of aromatic nitrogens is 2. The number of rotatable bonds is 4. The van der Waals surface area contributed by atoms with Crippen molar-refractivity contribution in [1.29, 1.82) is 0 Å². The van der Waals surface area contributed by atoms with Gasteiger partial charge in [0.25, 0.3) is 5.88 Å². The van der Waals surface area contributed by atoms with E-state index in [1.165, 1.54) is 12.2 Å². The molecular weight excluding hydrogens is 284 g/mol. The number of hydrogen-bond donors (Lipinski definition) is 2. The van der Waals surface area contributed by atoms with Gasteiger partial charge in [-0.05, 0) is 24.3 Å². The summed E-state index contributed by atoms with van der Waals surface area (Å²) in [5.74, 6) is 0.124. The van der Waals surface area contributed by atoms with Gasteiger partial charge in [-0.2, -0.15) is 0 Å². The van der Waals surface area contributed by atoms with Crippen LogP contribution in [0.25, 0.3) is 5.52 Å². The number of ether oxygens (including phenoxy) is 1. The first kappa shape index (κ1) is 14.0. The molecule has 0 saturated carbocycles. The lowest BCUT2D eigenvalue weighted by molar-refractivity contribution is -0.110. The molecule has 0 saturated heterocycles. The molecule has 0 atom stereocenters. The van der Waals surface area contributed by atoms with Gasteiger partial charge in [0.05, 0.1) is 23.5 Å². The van der Waals surface area contributed by atoms with Gasteiger partial charge in [0.1, 0.15) is 6.61 Å². The normalized spacial score (nSPS) is 16.3. The number of ketones is 1. The Morgan fingerprint density at radius 3 is 3.00 bits per heavy atom. The van der Waals surface area contributed by atoms with E-state index in [0.717, 1.165) is 5.52 Å². The second kappa shape index (κ2) is 5.82. The predicted molar refractivity (Wildman–Crippen MR) is 81.3 cm³/mol. The number of carbonyl (C=O) groups is 1. The van der Waals surface area contributed by atoms with Gasteiger partial charge in [-0.1, -0.05) is 6.07 Å². The lowest BCUT2D eigenvalue weighted by Gasteiger charge is -2.06. The molecule has 0 amide bonds. The number of aliphatic hydroxyl groups is 1. The van der Waals surface area contributed by atoms with Crippen LogP contribution in [0.4, 0.5) is 5.69 Å². The summed E-state index contributed by atoms with van der Waals surface area (Å²) in [6.45, 7) is -0.0122. The molecule has 0 radical (unpaired) electrons. The van der Waals surface area contributed by atoms with Crippen molar-refractivity contribution in [2.45, 2.75) is 0 Å². The van der Waals surface area contributed by atoms with Gasteiger partial charge < -0.3 is 15.6 Å². The molecule has 0 unspecified atom stereocenters. The van der Waals surface area contributed by atoms with Crippen molar-refractivity contribution in [2.75, 3.05) is 13.2 Å². The number of nitrogens with two attached hydrogens (primary N) is 1. The van der Waals surface area contributed by atoms with Crippen molar-refractivity contribution in [3.63, 3.8) is 0 Å². The molecule has 7 heteroatoms. The first-order valence-electron chi connectivity index (χ1n) is 6.68. The van der Waals surface area contributed by atoms with E-state index in [2.05, 4.69) is 10.1 Å². The van der Waals surface area contributed by atoms with Crippen molar-refractivity contribution < 1.29 is 14.6 Å². The van der Waals surface area contributed by atoms with Gasteiger partial charge in [-0.15, -0.1) is 5.10 Å². The van der Waals surface area contributed by atoms with Crippen LogP contribution in [-0.2, 0) is 4.79 Å². The molecule has 22 heavy (non-hydrogen) atoms. The second-order valence-corrected chi connectivity index (χ2v) is 4.59. The van der Waals surface area contributed by atoms with Gasteiger partial charge in [0, 0.05) is 12.3 Å². The SMILES string of the molecule is NC1=CC(=O)C=C/C1=N\c1c(OCCO)nn2ccccc12. The Hall–Kier alpha value is -2.93. The largest absolute Gasteiger partial charge is 0.473 e. The summed E-state index contributed by atoms with van der Waals surface area (Å²) in [6.07, 6.45) is 6.04. The fourth-order valence-corrected chi connectivity index (χ4v) is 2.06. The minimum atomic E-state index is -0.173. The van der Waals surface area contributed by atoms with E-state index in [1.54, 1.807) is 16.8 Å². The Morgan fingerprint density at radius 1 is 1.36 bits per heavy atom. The lowest BCUT2D eigenvalue weighted by atomic mass is 10.1. The van der Waals surface area contributed by atoms with E-state index in [9.17, 15) is 4.79 Å². The van der Waals surface area contributed by atoms with E-state index in [4.69, 9.17) is 15.6 Å². The predicted octanol–water partition coefficient (Wildman–Crippen LogP) is 0.759. The maximum absolute atomic E-state index is 11.3. The number of pyridine rings is 1. The quantitative estimate of drug-likeness (QED) is 0.811. The molecule has 112 valence electrons. The zero-order valence-electron chi connectivity index (χ0n) is 11.6. The maximum Gasteiger partial charge on any atom is 0.260 e. The Bertz CT molecular complexity index is 817. The monoisotopic (exact) mass is 298 g/mol. The molecule has 0 bridgehead atoms. The molecule has 2 heterocycles. The van der Waals surface area contributed by atoms with Crippen molar-refractivity contribution in [3.05, 3.63) is 48.3 Å². The second-order valence-electron chi connectivity index (χ2n) is 4.59. The molecule has 1 aliphatic carbocycles. The smallest absolute Gasteiger partial charge is 0.260 e. The van der Waals surface area contributed by atoms with Crippen LogP contribution >= 0.6 is 0 Å². The van der Waals surface area contributed by atoms with Gasteiger partial charge in [-0.3, -0.25) is 4.79 Å². The summed E-state index contributed by atoms with van der Waals surface area (Å²) in [7, 11) is 0. The highest BCUT2D eigenvalue weighted by atomic mass is 16.5. The summed E-state index contributed by atoms with van der Waals surface area (Å²) < 4.78 is 7.06. The molecule has 0 spiro atoms. The highest BCUT2D eigenvalue weighted by Crippen LogP contribution is 2.32. The van der Waals surface area contributed by atoms with Gasteiger partial charge in [0.15, 0.2) is 11.5 Å². The van der Waals surface area contributed by atoms with E-state index in [-0.39, 0.29) is 24.7 Å². The summed E-state index contributed by atoms with van der Waals surface area (Å²) >= 11 is 0. The third-order valence-corrected chi connectivity index (χ3v) is 3.04. The summed E-state index contributed by atoms with van der Waals surface area (Å²) in [6, 6.07) is 5.53. The number of fused-ring (bicyclic) bond motifs is 1. The third kappa shape index (κ3) is 2.61. The first-order valence-corrected chi connectivity index (χ1v) is 6.68. The van der Waals surface area contributed by atoms with Gasteiger partial charge in [-0.25, -0.2) is 9.51 Å². The molecule has 3 rings (SSSR count). The molecule has 0 aromatic carbocycles. The average molecular weight is 298 g/mol. The fourth-order valence-electron chi connectivity index (χ4n) is 2.06. The molecule has 0 fully saturated rings. The molecular formula is C15H14N4O3. The van der Waals surface area contributed by atoms with Crippen molar-refractivity contribution in [2.24, 2.45) is 10.7 Å². The minimum absolute atomic E-state index is 0.112. The van der Waals surface area contributed by atoms with Crippen LogP contribution in [0.2, 0.25) is 0 Å². The topological polar surface area (TPSA) is 102 Å². The number of allylic oxidation sites excluding steroid dienone is 3. The maximum atomic E-state index is 11.3. The third-order valence-electron chi connectivity index (χ3n) is 3.04. The van der Waals surface area contributed by atoms with Crippen LogP contribution in [-0.4, -0.2) is 39.4 Å². The van der Waals surface area contributed by atoms with Gasteiger partial charge in [0.2, 0.25) is 0 Å². The fraction of sp³-hybridized carbons (Fsp3) is 0.133.